The van der Waals surface area contributed by atoms with E-state index in [0.29, 0.717) is 0 Å². The zero-order valence-corrected chi connectivity index (χ0v) is 14.9. The third-order valence-electron chi connectivity index (χ3n) is 4.17. The molecule has 120 valence electrons. The van der Waals surface area contributed by atoms with E-state index in [1.165, 1.54) is 16.0 Å². The molecule has 0 aliphatic carbocycles. The molecule has 0 amide bonds. The summed E-state index contributed by atoms with van der Waals surface area (Å²) in [5, 5.41) is 4.65. The molecule has 0 aliphatic heterocycles. The first kappa shape index (κ1) is 15.7. The van der Waals surface area contributed by atoms with Gasteiger partial charge < -0.3 is 10.1 Å². The van der Waals surface area contributed by atoms with Crippen molar-refractivity contribution in [1.82, 2.24) is 9.97 Å². The fourth-order valence-corrected chi connectivity index (χ4v) is 3.76. The van der Waals surface area contributed by atoms with Crippen LogP contribution in [0.15, 0.2) is 24.5 Å². The van der Waals surface area contributed by atoms with Gasteiger partial charge in [-0.05, 0) is 39.3 Å². The lowest BCUT2D eigenvalue weighted by molar-refractivity contribution is 0.408. The predicted octanol–water partition coefficient (Wildman–Crippen LogP) is 4.80. The second kappa shape index (κ2) is 6.16. The highest BCUT2D eigenvalue weighted by Gasteiger charge is 2.16. The van der Waals surface area contributed by atoms with E-state index in [1.54, 1.807) is 24.8 Å². The largest absolute Gasteiger partial charge is 0.496 e. The van der Waals surface area contributed by atoms with Crippen LogP contribution in [0.2, 0.25) is 0 Å². The Balaban J connectivity index is 2.01. The Hall–Kier alpha value is -2.14. The van der Waals surface area contributed by atoms with Crippen LogP contribution in [0, 0.1) is 20.8 Å². The van der Waals surface area contributed by atoms with Gasteiger partial charge in [0.25, 0.3) is 0 Å². The number of anilines is 1. The Morgan fingerprint density at radius 1 is 1.17 bits per heavy atom. The third-order valence-corrected chi connectivity index (χ3v) is 5.29. The van der Waals surface area contributed by atoms with E-state index >= 15 is 0 Å². The van der Waals surface area contributed by atoms with Crippen molar-refractivity contribution in [3.8, 4) is 5.75 Å². The molecule has 23 heavy (non-hydrogen) atoms. The highest BCUT2D eigenvalue weighted by Crippen LogP contribution is 2.35. The summed E-state index contributed by atoms with van der Waals surface area (Å²) in [5.74, 6) is 1.77. The number of hydrogen-bond donors (Lipinski definition) is 1. The van der Waals surface area contributed by atoms with Crippen LogP contribution < -0.4 is 10.1 Å². The van der Waals surface area contributed by atoms with Crippen LogP contribution in [0.3, 0.4) is 0 Å². The van der Waals surface area contributed by atoms with Gasteiger partial charge >= 0.3 is 0 Å². The van der Waals surface area contributed by atoms with E-state index in [4.69, 9.17) is 4.74 Å². The lowest BCUT2D eigenvalue weighted by atomic mass is 10.0. The molecule has 0 saturated heterocycles. The van der Waals surface area contributed by atoms with E-state index in [1.807, 2.05) is 6.07 Å². The summed E-state index contributed by atoms with van der Waals surface area (Å²) in [6, 6.07) is 6.31. The Morgan fingerprint density at radius 3 is 2.70 bits per heavy atom. The summed E-state index contributed by atoms with van der Waals surface area (Å²) in [7, 11) is 1.70. The van der Waals surface area contributed by atoms with Crippen molar-refractivity contribution in [3.05, 3.63) is 46.1 Å². The maximum atomic E-state index is 5.50. The van der Waals surface area contributed by atoms with Crippen LogP contribution in [-0.2, 0) is 0 Å². The fourth-order valence-electron chi connectivity index (χ4n) is 2.77. The smallest absolute Gasteiger partial charge is 0.138 e. The molecule has 2 aromatic heterocycles. The molecule has 0 spiro atoms. The summed E-state index contributed by atoms with van der Waals surface area (Å²) >= 11 is 1.71. The number of hydrogen-bond acceptors (Lipinski definition) is 5. The number of ether oxygens (including phenoxy) is 1. The second-order valence-corrected chi connectivity index (χ2v) is 7.00. The number of aryl methyl sites for hydroxylation is 3. The van der Waals surface area contributed by atoms with Crippen LogP contribution in [0.4, 0.5) is 5.82 Å². The average Bonchev–Trinajstić information content (AvgIpc) is 2.83. The van der Waals surface area contributed by atoms with Crippen LogP contribution in [0.25, 0.3) is 10.2 Å². The minimum atomic E-state index is 0.0857. The molecule has 2 heterocycles. The molecule has 0 unspecified atom stereocenters. The number of nitrogens with zero attached hydrogens (tertiary/aromatic N) is 2. The van der Waals surface area contributed by atoms with Gasteiger partial charge in [-0.15, -0.1) is 11.3 Å². The molecule has 1 atom stereocenters. The zero-order chi connectivity index (χ0) is 16.6. The molecule has 3 aromatic rings. The predicted molar refractivity (Wildman–Crippen MR) is 96.7 cm³/mol. The number of benzene rings is 1. The van der Waals surface area contributed by atoms with Gasteiger partial charge in [-0.1, -0.05) is 17.7 Å². The molecule has 0 aliphatic rings. The van der Waals surface area contributed by atoms with Crippen molar-refractivity contribution in [2.24, 2.45) is 0 Å². The fraction of sp³-hybridized carbons (Fsp3) is 0.333. The van der Waals surface area contributed by atoms with E-state index in [0.717, 1.165) is 27.3 Å². The molecule has 5 heteroatoms. The number of thiophene rings is 1. The van der Waals surface area contributed by atoms with Crippen molar-refractivity contribution >= 4 is 27.4 Å². The summed E-state index contributed by atoms with van der Waals surface area (Å²) in [6.45, 7) is 8.46. The Labute approximate surface area is 140 Å². The van der Waals surface area contributed by atoms with E-state index < -0.39 is 0 Å². The van der Waals surface area contributed by atoms with Crippen LogP contribution in [0.5, 0.6) is 5.75 Å². The number of nitrogens with one attached hydrogen (secondary N) is 1. The van der Waals surface area contributed by atoms with Gasteiger partial charge in [-0.3, -0.25) is 0 Å². The third kappa shape index (κ3) is 2.88. The molecular weight excluding hydrogens is 306 g/mol. The Kier molecular flexibility index (Phi) is 4.22. The van der Waals surface area contributed by atoms with E-state index in [9.17, 15) is 0 Å². The van der Waals surface area contributed by atoms with Crippen LogP contribution >= 0.6 is 11.3 Å². The maximum absolute atomic E-state index is 5.50. The summed E-state index contributed by atoms with van der Waals surface area (Å²) < 4.78 is 5.50. The summed E-state index contributed by atoms with van der Waals surface area (Å²) in [5.41, 5.74) is 3.59. The molecule has 0 saturated carbocycles. The molecular formula is C18H21N3OS. The van der Waals surface area contributed by atoms with Crippen molar-refractivity contribution in [2.75, 3.05) is 12.4 Å². The molecule has 1 N–H and O–H groups in total. The van der Waals surface area contributed by atoms with Gasteiger partial charge in [-0.2, -0.15) is 0 Å². The van der Waals surface area contributed by atoms with Crippen molar-refractivity contribution in [1.29, 1.82) is 0 Å². The monoisotopic (exact) mass is 327 g/mol. The quantitative estimate of drug-likeness (QED) is 0.748. The standard InChI is InChI=1S/C18H21N3OS/c1-10-6-7-15(22-5)14(8-10)12(3)21-17-16-11(2)13(4)23-18(16)20-9-19-17/h6-9,12H,1-5H3,(H,19,20,21)/t12-/m1/s1. The molecule has 0 fully saturated rings. The first-order chi connectivity index (χ1) is 11.0. The maximum Gasteiger partial charge on any atom is 0.138 e. The first-order valence-electron chi connectivity index (χ1n) is 7.63. The number of fused-ring (bicyclic) bond motifs is 1. The Morgan fingerprint density at radius 2 is 1.96 bits per heavy atom. The molecule has 3 rings (SSSR count). The highest BCUT2D eigenvalue weighted by molar-refractivity contribution is 7.18. The summed E-state index contributed by atoms with van der Waals surface area (Å²) in [6.07, 6.45) is 1.63. The van der Waals surface area contributed by atoms with Crippen LogP contribution in [-0.4, -0.2) is 17.1 Å². The molecule has 1 aromatic carbocycles. The van der Waals surface area contributed by atoms with Gasteiger partial charge in [0.2, 0.25) is 0 Å². The van der Waals surface area contributed by atoms with Gasteiger partial charge in [0.05, 0.1) is 18.5 Å². The first-order valence-corrected chi connectivity index (χ1v) is 8.44. The number of rotatable bonds is 4. The second-order valence-electron chi connectivity index (χ2n) is 5.80. The zero-order valence-electron chi connectivity index (χ0n) is 14.1. The lowest BCUT2D eigenvalue weighted by Crippen LogP contribution is -2.10. The SMILES string of the molecule is COc1ccc(C)cc1[C@@H](C)Nc1ncnc2sc(C)c(C)c12. The van der Waals surface area contributed by atoms with Gasteiger partial charge in [0.1, 0.15) is 22.7 Å². The van der Waals surface area contributed by atoms with Gasteiger partial charge in [-0.25, -0.2) is 9.97 Å². The number of aromatic nitrogens is 2. The van der Waals surface area contributed by atoms with Gasteiger partial charge in [0, 0.05) is 10.4 Å². The van der Waals surface area contributed by atoms with E-state index in [2.05, 4.69) is 55.1 Å². The van der Waals surface area contributed by atoms with Crippen molar-refractivity contribution < 1.29 is 4.74 Å². The normalized spacial score (nSPS) is 12.4. The number of methoxy groups -OCH3 is 1. The van der Waals surface area contributed by atoms with Crippen molar-refractivity contribution in [3.63, 3.8) is 0 Å². The Bertz CT molecular complexity index is 857. The lowest BCUT2D eigenvalue weighted by Gasteiger charge is -2.19. The topological polar surface area (TPSA) is 47.0 Å². The minimum absolute atomic E-state index is 0.0857. The van der Waals surface area contributed by atoms with Gasteiger partial charge in [0.15, 0.2) is 0 Å². The average molecular weight is 327 g/mol. The summed E-state index contributed by atoms with van der Waals surface area (Å²) in [4.78, 5) is 11.2. The minimum Gasteiger partial charge on any atom is -0.496 e. The molecule has 0 bridgehead atoms. The highest BCUT2D eigenvalue weighted by atomic mass is 32.1. The van der Waals surface area contributed by atoms with E-state index in [-0.39, 0.29) is 6.04 Å². The molecule has 4 nitrogen and oxygen atoms in total. The molecule has 0 radical (unpaired) electrons. The van der Waals surface area contributed by atoms with Crippen molar-refractivity contribution in [2.45, 2.75) is 33.7 Å². The van der Waals surface area contributed by atoms with Crippen LogP contribution in [0.1, 0.15) is 34.5 Å².